The van der Waals surface area contributed by atoms with Gasteiger partial charge in [-0.05, 0) is 31.0 Å². The fraction of sp³-hybridized carbons (Fsp3) is 0.562. The van der Waals surface area contributed by atoms with Crippen LogP contribution >= 0.6 is 0 Å². The molecule has 0 aromatic heterocycles. The van der Waals surface area contributed by atoms with E-state index in [9.17, 15) is 30.8 Å². The van der Waals surface area contributed by atoms with Gasteiger partial charge in [0.25, 0.3) is 9.84 Å². The summed E-state index contributed by atoms with van der Waals surface area (Å²) in [6.45, 7) is 3.87. The molecule has 26 heavy (non-hydrogen) atoms. The van der Waals surface area contributed by atoms with Crippen molar-refractivity contribution in [1.29, 1.82) is 0 Å². The maximum atomic E-state index is 13.5. The Morgan fingerprint density at radius 3 is 2.54 bits per heavy atom. The van der Waals surface area contributed by atoms with Gasteiger partial charge in [0.1, 0.15) is 10.7 Å². The molecule has 1 saturated heterocycles. The Morgan fingerprint density at radius 1 is 1.31 bits per heavy atom. The Bertz CT molecular complexity index is 778. The van der Waals surface area contributed by atoms with Crippen LogP contribution in [0.1, 0.15) is 26.7 Å². The van der Waals surface area contributed by atoms with Crippen LogP contribution in [0.3, 0.4) is 0 Å². The summed E-state index contributed by atoms with van der Waals surface area (Å²) in [5.74, 6) is -1.52. The zero-order chi connectivity index (χ0) is 19.7. The zero-order valence-corrected chi connectivity index (χ0v) is 15.1. The van der Waals surface area contributed by atoms with Crippen LogP contribution in [0.15, 0.2) is 23.1 Å². The highest BCUT2D eigenvalue weighted by atomic mass is 32.2. The average molecular weight is 396 g/mol. The molecule has 146 valence electrons. The van der Waals surface area contributed by atoms with Crippen molar-refractivity contribution in [3.8, 4) is 0 Å². The van der Waals surface area contributed by atoms with E-state index in [1.54, 1.807) is 13.8 Å². The third-order valence-electron chi connectivity index (χ3n) is 4.15. The predicted octanol–water partition coefficient (Wildman–Crippen LogP) is 2.86. The molecule has 1 unspecified atom stereocenters. The van der Waals surface area contributed by atoms with E-state index < -0.39 is 26.1 Å². The summed E-state index contributed by atoms with van der Waals surface area (Å²) in [6.07, 6.45) is 1.17. The van der Waals surface area contributed by atoms with Crippen LogP contribution in [-0.4, -0.2) is 39.0 Å². The van der Waals surface area contributed by atoms with Crippen LogP contribution in [0.4, 0.5) is 23.2 Å². The lowest BCUT2D eigenvalue weighted by Crippen LogP contribution is -2.49. The van der Waals surface area contributed by atoms with Crippen LogP contribution in [0.25, 0.3) is 0 Å². The summed E-state index contributed by atoms with van der Waals surface area (Å²) >= 11 is 0. The SMILES string of the molecule is CC(C)C(=O)NC1CCCN(c2ccc(F)cc2S(=O)(=O)C(F)(F)F)C1. The lowest BCUT2D eigenvalue weighted by Gasteiger charge is -2.36. The lowest BCUT2D eigenvalue weighted by atomic mass is 10.0. The van der Waals surface area contributed by atoms with E-state index in [0.29, 0.717) is 25.5 Å². The standard InChI is InChI=1S/C16H20F4N2O3S/c1-10(2)15(23)21-12-4-3-7-22(9-12)13-6-5-11(17)8-14(13)26(24,25)16(18,19)20/h5-6,8,10,12H,3-4,7,9H2,1-2H3,(H,21,23). The lowest BCUT2D eigenvalue weighted by molar-refractivity contribution is -0.124. The molecule has 0 radical (unpaired) electrons. The number of halogens is 4. The number of carbonyl (C=O) groups excluding carboxylic acids is 1. The number of nitrogens with zero attached hydrogens (tertiary/aromatic N) is 1. The zero-order valence-electron chi connectivity index (χ0n) is 14.3. The summed E-state index contributed by atoms with van der Waals surface area (Å²) in [5.41, 5.74) is -5.75. The number of alkyl halides is 3. The Balaban J connectivity index is 2.35. The number of amides is 1. The third kappa shape index (κ3) is 4.28. The fourth-order valence-electron chi connectivity index (χ4n) is 2.77. The molecule has 1 amide bonds. The van der Waals surface area contributed by atoms with E-state index in [2.05, 4.69) is 5.32 Å². The first-order valence-electron chi connectivity index (χ1n) is 8.09. The molecule has 1 aliphatic heterocycles. The Hall–Kier alpha value is -1.84. The minimum absolute atomic E-state index is 0.143. The molecule has 1 N–H and O–H groups in total. The topological polar surface area (TPSA) is 66.5 Å². The fourth-order valence-corrected chi connectivity index (χ4v) is 3.76. The Morgan fingerprint density at radius 2 is 1.96 bits per heavy atom. The van der Waals surface area contributed by atoms with Crippen molar-refractivity contribution >= 4 is 21.4 Å². The monoisotopic (exact) mass is 396 g/mol. The second kappa shape index (κ2) is 7.42. The van der Waals surface area contributed by atoms with Gasteiger partial charge in [0.2, 0.25) is 5.91 Å². The molecule has 0 spiro atoms. The van der Waals surface area contributed by atoms with Gasteiger partial charge in [-0.1, -0.05) is 13.8 Å². The number of piperidine rings is 1. The average Bonchev–Trinajstić information content (AvgIpc) is 2.53. The molecule has 1 aromatic carbocycles. The van der Waals surface area contributed by atoms with E-state index in [1.807, 2.05) is 0 Å². The van der Waals surface area contributed by atoms with E-state index in [-0.39, 0.29) is 30.1 Å². The molecule has 1 fully saturated rings. The number of benzene rings is 1. The number of nitrogens with one attached hydrogen (secondary N) is 1. The van der Waals surface area contributed by atoms with E-state index in [4.69, 9.17) is 0 Å². The van der Waals surface area contributed by atoms with Gasteiger partial charge >= 0.3 is 5.51 Å². The van der Waals surface area contributed by atoms with Gasteiger partial charge in [0, 0.05) is 25.0 Å². The van der Waals surface area contributed by atoms with Crippen molar-refractivity contribution in [3.63, 3.8) is 0 Å². The maximum Gasteiger partial charge on any atom is 0.501 e. The van der Waals surface area contributed by atoms with Crippen LogP contribution in [0.2, 0.25) is 0 Å². The van der Waals surface area contributed by atoms with E-state index in [1.165, 1.54) is 4.90 Å². The first-order valence-corrected chi connectivity index (χ1v) is 9.58. The second-order valence-electron chi connectivity index (χ2n) is 6.51. The molecule has 1 atom stereocenters. The summed E-state index contributed by atoms with van der Waals surface area (Å²) < 4.78 is 76.0. The quantitative estimate of drug-likeness (QED) is 0.795. The van der Waals surface area contributed by atoms with Crippen molar-refractivity contribution in [1.82, 2.24) is 5.32 Å². The summed E-state index contributed by atoms with van der Waals surface area (Å²) in [4.78, 5) is 12.2. The summed E-state index contributed by atoms with van der Waals surface area (Å²) in [7, 11) is -5.70. The first kappa shape index (κ1) is 20.5. The van der Waals surface area contributed by atoms with Gasteiger partial charge in [-0.2, -0.15) is 13.2 Å². The highest BCUT2D eigenvalue weighted by Crippen LogP contribution is 2.37. The molecule has 1 aliphatic rings. The third-order valence-corrected chi connectivity index (χ3v) is 5.66. The number of carbonyl (C=O) groups is 1. The van der Waals surface area contributed by atoms with Crippen molar-refractivity contribution in [2.75, 3.05) is 18.0 Å². The van der Waals surface area contributed by atoms with Gasteiger partial charge in [-0.3, -0.25) is 4.79 Å². The van der Waals surface area contributed by atoms with Crippen molar-refractivity contribution in [3.05, 3.63) is 24.0 Å². The van der Waals surface area contributed by atoms with Gasteiger partial charge in [-0.15, -0.1) is 0 Å². The smallest absolute Gasteiger partial charge is 0.368 e. The van der Waals surface area contributed by atoms with Gasteiger partial charge < -0.3 is 10.2 Å². The number of sulfone groups is 1. The Labute approximate surface area is 149 Å². The van der Waals surface area contributed by atoms with E-state index in [0.717, 1.165) is 12.1 Å². The molecular formula is C16H20F4N2O3S. The van der Waals surface area contributed by atoms with Gasteiger partial charge in [-0.25, -0.2) is 12.8 Å². The summed E-state index contributed by atoms with van der Waals surface area (Å²) in [6, 6.07) is 2.00. The normalized spacial score (nSPS) is 18.9. The molecular weight excluding hydrogens is 376 g/mol. The number of rotatable bonds is 4. The number of hydrogen-bond donors (Lipinski definition) is 1. The molecule has 0 bridgehead atoms. The van der Waals surface area contributed by atoms with Crippen molar-refractivity contribution in [2.24, 2.45) is 5.92 Å². The molecule has 0 saturated carbocycles. The summed E-state index contributed by atoms with van der Waals surface area (Å²) in [5, 5.41) is 2.79. The van der Waals surface area contributed by atoms with Gasteiger partial charge in [0.05, 0.1) is 5.69 Å². The molecule has 10 heteroatoms. The molecule has 5 nitrogen and oxygen atoms in total. The maximum absolute atomic E-state index is 13.5. The molecule has 2 rings (SSSR count). The molecule has 1 aromatic rings. The highest BCUT2D eigenvalue weighted by molar-refractivity contribution is 7.92. The van der Waals surface area contributed by atoms with Crippen LogP contribution in [0.5, 0.6) is 0 Å². The minimum Gasteiger partial charge on any atom is -0.368 e. The molecule has 0 aliphatic carbocycles. The largest absolute Gasteiger partial charge is 0.501 e. The second-order valence-corrected chi connectivity index (χ2v) is 8.42. The number of hydrogen-bond acceptors (Lipinski definition) is 4. The molecule has 1 heterocycles. The number of anilines is 1. The van der Waals surface area contributed by atoms with Crippen LogP contribution in [0, 0.1) is 11.7 Å². The highest BCUT2D eigenvalue weighted by Gasteiger charge is 2.48. The van der Waals surface area contributed by atoms with Gasteiger partial charge in [0.15, 0.2) is 0 Å². The van der Waals surface area contributed by atoms with Crippen LogP contribution in [-0.2, 0) is 14.6 Å². The predicted molar refractivity (Wildman–Crippen MR) is 87.9 cm³/mol. The van der Waals surface area contributed by atoms with Crippen molar-refractivity contribution in [2.45, 2.75) is 43.1 Å². The minimum atomic E-state index is -5.70. The van der Waals surface area contributed by atoms with Crippen LogP contribution < -0.4 is 10.2 Å². The Kier molecular flexibility index (Phi) is 5.84. The first-order chi connectivity index (χ1) is 11.9. The van der Waals surface area contributed by atoms with Crippen molar-refractivity contribution < 1.29 is 30.8 Å². The van der Waals surface area contributed by atoms with E-state index >= 15 is 0 Å².